The Hall–Kier alpha value is -2.96. The van der Waals surface area contributed by atoms with Crippen molar-refractivity contribution < 1.29 is 18.7 Å². The molecule has 1 aromatic heterocycles. The van der Waals surface area contributed by atoms with Gasteiger partial charge in [-0.05, 0) is 48.2 Å². The molecule has 4 rings (SSSR count). The summed E-state index contributed by atoms with van der Waals surface area (Å²) in [6.45, 7) is 2.61. The van der Waals surface area contributed by atoms with Crippen molar-refractivity contribution in [3.63, 3.8) is 0 Å². The van der Waals surface area contributed by atoms with Crippen LogP contribution >= 0.6 is 0 Å². The molecule has 0 saturated carbocycles. The zero-order valence-electron chi connectivity index (χ0n) is 17.1. The van der Waals surface area contributed by atoms with Gasteiger partial charge >= 0.3 is 0 Å². The number of nitrogens with zero attached hydrogens (tertiary/aromatic N) is 3. The number of benzene rings is 1. The lowest BCUT2D eigenvalue weighted by molar-refractivity contribution is -0.132. The van der Waals surface area contributed by atoms with Crippen LogP contribution in [0, 0.1) is 11.2 Å². The number of methoxy groups -OCH3 is 1. The maximum Gasteiger partial charge on any atom is 0.226 e. The number of rotatable bonds is 5. The standard InChI is InChI=1S/C23H26FN3O3/c1-30-20-3-2-18(12-19(20)24)13-21(28)26-10-6-23(7-11-26)14-22(29)27(16-23)15-17-4-8-25-9-5-17/h2-5,8-9,12H,6-7,10-11,13-16H2,1H3. The normalized spacial score (nSPS) is 18.1. The number of carbonyl (C=O) groups excluding carboxylic acids is 2. The number of amides is 2. The summed E-state index contributed by atoms with van der Waals surface area (Å²) in [4.78, 5) is 33.1. The smallest absolute Gasteiger partial charge is 0.226 e. The van der Waals surface area contributed by atoms with Gasteiger partial charge in [-0.15, -0.1) is 0 Å². The third-order valence-electron chi connectivity index (χ3n) is 6.28. The molecule has 1 spiro atoms. The van der Waals surface area contributed by atoms with Crippen LogP contribution in [-0.4, -0.2) is 53.3 Å². The van der Waals surface area contributed by atoms with Crippen LogP contribution in [0.15, 0.2) is 42.7 Å². The molecule has 3 heterocycles. The van der Waals surface area contributed by atoms with Gasteiger partial charge in [0.1, 0.15) is 0 Å². The second kappa shape index (κ2) is 8.42. The zero-order chi connectivity index (χ0) is 21.1. The molecule has 158 valence electrons. The molecular formula is C23H26FN3O3. The topological polar surface area (TPSA) is 62.7 Å². The molecule has 0 aliphatic carbocycles. The van der Waals surface area contributed by atoms with E-state index in [9.17, 15) is 14.0 Å². The number of carbonyl (C=O) groups is 2. The first-order valence-corrected chi connectivity index (χ1v) is 10.2. The highest BCUT2D eigenvalue weighted by molar-refractivity contribution is 5.80. The van der Waals surface area contributed by atoms with Gasteiger partial charge in [-0.3, -0.25) is 14.6 Å². The number of piperidine rings is 1. The zero-order valence-corrected chi connectivity index (χ0v) is 17.1. The first-order valence-electron chi connectivity index (χ1n) is 10.2. The summed E-state index contributed by atoms with van der Waals surface area (Å²) in [5.74, 6) is -0.111. The molecule has 6 nitrogen and oxygen atoms in total. The lowest BCUT2D eigenvalue weighted by Gasteiger charge is -2.39. The fourth-order valence-corrected chi connectivity index (χ4v) is 4.51. The van der Waals surface area contributed by atoms with Gasteiger partial charge in [0, 0.05) is 50.4 Å². The van der Waals surface area contributed by atoms with Crippen molar-refractivity contribution in [3.8, 4) is 5.75 Å². The van der Waals surface area contributed by atoms with Gasteiger partial charge in [-0.2, -0.15) is 0 Å². The lowest BCUT2D eigenvalue weighted by atomic mass is 9.77. The van der Waals surface area contributed by atoms with Gasteiger partial charge in [-0.1, -0.05) is 6.07 Å². The molecule has 2 aliphatic rings. The number of aromatic nitrogens is 1. The van der Waals surface area contributed by atoms with E-state index in [0.29, 0.717) is 31.6 Å². The molecule has 2 fully saturated rings. The number of halogens is 1. The molecule has 7 heteroatoms. The van der Waals surface area contributed by atoms with Gasteiger partial charge in [0.25, 0.3) is 0 Å². The second-order valence-electron chi connectivity index (χ2n) is 8.31. The largest absolute Gasteiger partial charge is 0.494 e. The number of likely N-dealkylation sites (tertiary alicyclic amines) is 2. The quantitative estimate of drug-likeness (QED) is 0.759. The van der Waals surface area contributed by atoms with Crippen molar-refractivity contribution in [2.24, 2.45) is 5.41 Å². The van der Waals surface area contributed by atoms with E-state index in [1.165, 1.54) is 13.2 Å². The SMILES string of the molecule is COc1ccc(CC(=O)N2CCC3(CC2)CC(=O)N(Cc2ccncc2)C3)cc1F. The summed E-state index contributed by atoms with van der Waals surface area (Å²) in [6, 6.07) is 8.49. The molecule has 1 aromatic carbocycles. The molecule has 2 aromatic rings. The minimum atomic E-state index is -0.459. The van der Waals surface area contributed by atoms with E-state index < -0.39 is 5.82 Å². The third kappa shape index (κ3) is 4.30. The summed E-state index contributed by atoms with van der Waals surface area (Å²) >= 11 is 0. The fourth-order valence-electron chi connectivity index (χ4n) is 4.51. The average Bonchev–Trinajstić information content (AvgIpc) is 3.03. The first-order chi connectivity index (χ1) is 14.5. The first kappa shape index (κ1) is 20.3. The van der Waals surface area contributed by atoms with Gasteiger partial charge in [0.15, 0.2) is 11.6 Å². The van der Waals surface area contributed by atoms with E-state index in [1.54, 1.807) is 24.5 Å². The monoisotopic (exact) mass is 411 g/mol. The van der Waals surface area contributed by atoms with Crippen molar-refractivity contribution in [3.05, 3.63) is 59.7 Å². The van der Waals surface area contributed by atoms with Crippen LogP contribution in [0.25, 0.3) is 0 Å². The second-order valence-corrected chi connectivity index (χ2v) is 8.31. The Morgan fingerprint density at radius 2 is 1.90 bits per heavy atom. The van der Waals surface area contributed by atoms with Crippen LogP contribution in [0.4, 0.5) is 4.39 Å². The molecule has 0 radical (unpaired) electrons. The summed E-state index contributed by atoms with van der Waals surface area (Å²) in [5, 5.41) is 0. The van der Waals surface area contributed by atoms with Gasteiger partial charge in [0.2, 0.25) is 11.8 Å². The van der Waals surface area contributed by atoms with Crippen LogP contribution in [0.2, 0.25) is 0 Å². The molecule has 0 bridgehead atoms. The number of ether oxygens (including phenoxy) is 1. The Morgan fingerprint density at radius 1 is 1.17 bits per heavy atom. The highest BCUT2D eigenvalue weighted by Crippen LogP contribution is 2.41. The van der Waals surface area contributed by atoms with Crippen LogP contribution in [0.5, 0.6) is 5.75 Å². The minimum absolute atomic E-state index is 0.00705. The summed E-state index contributed by atoms with van der Waals surface area (Å²) < 4.78 is 18.8. The van der Waals surface area contributed by atoms with Crippen LogP contribution < -0.4 is 4.74 Å². The van der Waals surface area contributed by atoms with Gasteiger partial charge in [0.05, 0.1) is 13.5 Å². The minimum Gasteiger partial charge on any atom is -0.494 e. The third-order valence-corrected chi connectivity index (χ3v) is 6.28. The molecule has 0 N–H and O–H groups in total. The van der Waals surface area contributed by atoms with E-state index >= 15 is 0 Å². The molecule has 2 saturated heterocycles. The average molecular weight is 411 g/mol. The maximum absolute atomic E-state index is 13.9. The van der Waals surface area contributed by atoms with Crippen molar-refractivity contribution >= 4 is 11.8 Å². The van der Waals surface area contributed by atoms with Gasteiger partial charge in [-0.25, -0.2) is 4.39 Å². The predicted molar refractivity (Wildman–Crippen MR) is 109 cm³/mol. The summed E-state index contributed by atoms with van der Waals surface area (Å²) in [6.07, 6.45) is 5.82. The fraction of sp³-hybridized carbons (Fsp3) is 0.435. The number of hydrogen-bond donors (Lipinski definition) is 0. The molecule has 30 heavy (non-hydrogen) atoms. The van der Waals surface area contributed by atoms with Crippen molar-refractivity contribution in [2.45, 2.75) is 32.2 Å². The molecule has 2 amide bonds. The molecule has 0 unspecified atom stereocenters. The molecular weight excluding hydrogens is 385 g/mol. The van der Waals surface area contributed by atoms with Crippen LogP contribution in [0.1, 0.15) is 30.4 Å². The summed E-state index contributed by atoms with van der Waals surface area (Å²) in [7, 11) is 1.42. The Kier molecular flexibility index (Phi) is 5.70. The Morgan fingerprint density at radius 3 is 2.57 bits per heavy atom. The number of pyridine rings is 1. The van der Waals surface area contributed by atoms with E-state index in [-0.39, 0.29) is 29.4 Å². The molecule has 2 aliphatic heterocycles. The van der Waals surface area contributed by atoms with E-state index in [2.05, 4.69) is 4.98 Å². The van der Waals surface area contributed by atoms with Gasteiger partial charge < -0.3 is 14.5 Å². The van der Waals surface area contributed by atoms with Crippen molar-refractivity contribution in [2.75, 3.05) is 26.7 Å². The van der Waals surface area contributed by atoms with E-state index in [4.69, 9.17) is 4.74 Å². The highest BCUT2D eigenvalue weighted by Gasteiger charge is 2.45. The lowest BCUT2D eigenvalue weighted by Crippen LogP contribution is -2.44. The van der Waals surface area contributed by atoms with Crippen LogP contribution in [-0.2, 0) is 22.6 Å². The van der Waals surface area contributed by atoms with Crippen molar-refractivity contribution in [1.82, 2.24) is 14.8 Å². The Labute approximate surface area is 175 Å². The molecule has 0 atom stereocenters. The maximum atomic E-state index is 13.9. The van der Waals surface area contributed by atoms with E-state index in [0.717, 1.165) is 24.9 Å². The van der Waals surface area contributed by atoms with Crippen LogP contribution in [0.3, 0.4) is 0 Å². The number of hydrogen-bond acceptors (Lipinski definition) is 4. The predicted octanol–water partition coefficient (Wildman–Crippen LogP) is 2.81. The van der Waals surface area contributed by atoms with E-state index in [1.807, 2.05) is 21.9 Å². The Bertz CT molecular complexity index is 927. The highest BCUT2D eigenvalue weighted by atomic mass is 19.1. The Balaban J connectivity index is 1.32. The summed E-state index contributed by atoms with van der Waals surface area (Å²) in [5.41, 5.74) is 1.67. The van der Waals surface area contributed by atoms with Crippen molar-refractivity contribution in [1.29, 1.82) is 0 Å².